The number of carbonyl (C=O) groups excluding carboxylic acids is 1. The van der Waals surface area contributed by atoms with E-state index >= 15 is 0 Å². The lowest BCUT2D eigenvalue weighted by Gasteiger charge is -2.40. The first kappa shape index (κ1) is 23.9. The monoisotopic (exact) mass is 479 g/mol. The van der Waals surface area contributed by atoms with Crippen LogP contribution in [0.3, 0.4) is 0 Å². The highest BCUT2D eigenvalue weighted by molar-refractivity contribution is 5.97. The van der Waals surface area contributed by atoms with Crippen molar-refractivity contribution in [2.45, 2.75) is 31.8 Å². The minimum Gasteiger partial charge on any atom is -0.339 e. The maximum atomic E-state index is 13.5. The Morgan fingerprint density at radius 2 is 1.69 bits per heavy atom. The summed E-state index contributed by atoms with van der Waals surface area (Å²) in [5, 5.41) is 4.34. The average Bonchev–Trinajstić information content (AvgIpc) is 3.48. The molecule has 6 heteroatoms. The molecular formula is C30H33N5O. The van der Waals surface area contributed by atoms with Crippen LogP contribution in [0, 0.1) is 5.92 Å². The van der Waals surface area contributed by atoms with E-state index in [0.29, 0.717) is 17.5 Å². The standard InChI is InChI=1S/C30H33N5O/c1-33(23-25-11-7-16-31-22-25)29(21-24-9-3-2-4-10-24)26-14-19-34(20-15-26)30(36)27-12-5-6-13-28(27)35-18-8-17-32-35/h2-13,16-18,22,26,29H,14-15,19-21,23H2,1H3/t29-/m0/s1. The van der Waals surface area contributed by atoms with Crippen molar-refractivity contribution in [3.05, 3.63) is 114 Å². The van der Waals surface area contributed by atoms with Crippen LogP contribution >= 0.6 is 0 Å². The van der Waals surface area contributed by atoms with E-state index in [0.717, 1.165) is 44.6 Å². The van der Waals surface area contributed by atoms with E-state index in [9.17, 15) is 4.79 Å². The molecule has 0 radical (unpaired) electrons. The third-order valence-corrected chi connectivity index (χ3v) is 7.27. The predicted octanol–water partition coefficient (Wildman–Crippen LogP) is 4.86. The van der Waals surface area contributed by atoms with E-state index in [4.69, 9.17) is 0 Å². The second-order valence-corrected chi connectivity index (χ2v) is 9.63. The van der Waals surface area contributed by atoms with Crippen LogP contribution in [-0.2, 0) is 13.0 Å². The molecule has 1 atom stereocenters. The second kappa shape index (κ2) is 11.3. The zero-order chi connectivity index (χ0) is 24.7. The molecule has 1 aliphatic heterocycles. The third-order valence-electron chi connectivity index (χ3n) is 7.27. The fourth-order valence-corrected chi connectivity index (χ4v) is 5.36. The largest absolute Gasteiger partial charge is 0.339 e. The number of aromatic nitrogens is 3. The molecule has 0 spiro atoms. The summed E-state index contributed by atoms with van der Waals surface area (Å²) >= 11 is 0. The Balaban J connectivity index is 1.29. The van der Waals surface area contributed by atoms with Gasteiger partial charge in [-0.3, -0.25) is 14.7 Å². The number of para-hydroxylation sites is 1. The minimum atomic E-state index is 0.0860. The van der Waals surface area contributed by atoms with E-state index in [-0.39, 0.29) is 5.91 Å². The second-order valence-electron chi connectivity index (χ2n) is 9.63. The molecule has 0 aliphatic carbocycles. The Kier molecular flexibility index (Phi) is 7.52. The maximum absolute atomic E-state index is 13.5. The summed E-state index contributed by atoms with van der Waals surface area (Å²) in [5.74, 6) is 0.597. The van der Waals surface area contributed by atoms with Crippen LogP contribution in [-0.4, -0.2) is 56.7 Å². The summed E-state index contributed by atoms with van der Waals surface area (Å²) in [4.78, 5) is 22.3. The zero-order valence-electron chi connectivity index (χ0n) is 20.8. The number of benzene rings is 2. The lowest BCUT2D eigenvalue weighted by molar-refractivity contribution is 0.0602. The van der Waals surface area contributed by atoms with Gasteiger partial charge in [0.2, 0.25) is 0 Å². The zero-order valence-corrected chi connectivity index (χ0v) is 20.8. The average molecular weight is 480 g/mol. The first-order valence-corrected chi connectivity index (χ1v) is 12.7. The molecule has 0 N–H and O–H groups in total. The van der Waals surface area contributed by atoms with Crippen molar-refractivity contribution >= 4 is 5.91 Å². The molecule has 184 valence electrons. The molecule has 4 aromatic rings. The number of likely N-dealkylation sites (N-methyl/N-ethyl adjacent to an activating group) is 1. The van der Waals surface area contributed by atoms with Crippen LogP contribution in [0.15, 0.2) is 97.6 Å². The van der Waals surface area contributed by atoms with Crippen LogP contribution < -0.4 is 0 Å². The molecule has 6 nitrogen and oxygen atoms in total. The molecule has 1 aliphatic rings. The quantitative estimate of drug-likeness (QED) is 0.362. The maximum Gasteiger partial charge on any atom is 0.256 e. The summed E-state index contributed by atoms with van der Waals surface area (Å²) < 4.78 is 1.77. The Bertz CT molecular complexity index is 1230. The van der Waals surface area contributed by atoms with Crippen molar-refractivity contribution in [3.8, 4) is 5.69 Å². The van der Waals surface area contributed by atoms with Gasteiger partial charge in [-0.05, 0) is 67.6 Å². The van der Waals surface area contributed by atoms with Gasteiger partial charge in [-0.2, -0.15) is 5.10 Å². The molecule has 5 rings (SSSR count). The SMILES string of the molecule is CN(Cc1cccnc1)[C@@H](Cc1ccccc1)C1CCN(C(=O)c2ccccc2-n2cccn2)CC1. The molecule has 3 heterocycles. The molecule has 0 bridgehead atoms. The molecule has 2 aromatic carbocycles. The number of carbonyl (C=O) groups is 1. The molecule has 1 amide bonds. The van der Waals surface area contributed by atoms with Gasteiger partial charge in [-0.25, -0.2) is 4.68 Å². The summed E-state index contributed by atoms with van der Waals surface area (Å²) in [6, 6.07) is 24.9. The van der Waals surface area contributed by atoms with E-state index in [1.807, 2.05) is 59.9 Å². The molecular weight excluding hydrogens is 446 g/mol. The Hall–Kier alpha value is -3.77. The Morgan fingerprint density at radius 3 is 2.42 bits per heavy atom. The van der Waals surface area contributed by atoms with Crippen molar-refractivity contribution in [1.29, 1.82) is 0 Å². The minimum absolute atomic E-state index is 0.0860. The van der Waals surface area contributed by atoms with Crippen molar-refractivity contribution in [2.24, 2.45) is 5.92 Å². The van der Waals surface area contributed by atoms with Crippen molar-refractivity contribution < 1.29 is 4.79 Å². The fraction of sp³-hybridized carbons (Fsp3) is 0.300. The van der Waals surface area contributed by atoms with Crippen molar-refractivity contribution in [1.82, 2.24) is 24.6 Å². The van der Waals surface area contributed by atoms with Gasteiger partial charge in [-0.15, -0.1) is 0 Å². The first-order valence-electron chi connectivity index (χ1n) is 12.7. The summed E-state index contributed by atoms with van der Waals surface area (Å²) in [6.45, 7) is 2.40. The van der Waals surface area contributed by atoms with Crippen LogP contribution in [0.25, 0.3) is 5.69 Å². The smallest absolute Gasteiger partial charge is 0.256 e. The number of amides is 1. The van der Waals surface area contributed by atoms with E-state index in [2.05, 4.69) is 58.4 Å². The molecule has 1 fully saturated rings. The van der Waals surface area contributed by atoms with Gasteiger partial charge >= 0.3 is 0 Å². The van der Waals surface area contributed by atoms with Crippen molar-refractivity contribution in [2.75, 3.05) is 20.1 Å². The molecule has 1 saturated heterocycles. The summed E-state index contributed by atoms with van der Waals surface area (Å²) in [6.07, 6.45) is 10.4. The van der Waals surface area contributed by atoms with Crippen LogP contribution in [0.5, 0.6) is 0 Å². The van der Waals surface area contributed by atoms with Crippen molar-refractivity contribution in [3.63, 3.8) is 0 Å². The van der Waals surface area contributed by atoms with E-state index < -0.39 is 0 Å². The predicted molar refractivity (Wildman–Crippen MR) is 142 cm³/mol. The normalized spacial score (nSPS) is 15.2. The Morgan fingerprint density at radius 1 is 0.944 bits per heavy atom. The highest BCUT2D eigenvalue weighted by Crippen LogP contribution is 2.28. The molecule has 0 unspecified atom stereocenters. The number of piperidine rings is 1. The molecule has 2 aromatic heterocycles. The topological polar surface area (TPSA) is 54.3 Å². The highest BCUT2D eigenvalue weighted by atomic mass is 16.2. The van der Waals surface area contributed by atoms with Gasteiger partial charge in [0.15, 0.2) is 0 Å². The van der Waals surface area contributed by atoms with Gasteiger partial charge in [-0.1, -0.05) is 48.5 Å². The number of nitrogens with zero attached hydrogens (tertiary/aromatic N) is 5. The highest BCUT2D eigenvalue weighted by Gasteiger charge is 2.32. The number of hydrogen-bond donors (Lipinski definition) is 0. The number of likely N-dealkylation sites (tertiary alicyclic amines) is 1. The fourth-order valence-electron chi connectivity index (χ4n) is 5.36. The first-order chi connectivity index (χ1) is 17.7. The summed E-state index contributed by atoms with van der Waals surface area (Å²) in [7, 11) is 2.22. The lowest BCUT2D eigenvalue weighted by Crippen LogP contribution is -2.46. The Labute approximate surface area is 213 Å². The van der Waals surface area contributed by atoms with Gasteiger partial charge in [0, 0.05) is 50.5 Å². The van der Waals surface area contributed by atoms with Crippen LogP contribution in [0.1, 0.15) is 34.3 Å². The lowest BCUT2D eigenvalue weighted by atomic mass is 9.84. The number of pyridine rings is 1. The molecule has 0 saturated carbocycles. The number of hydrogen-bond acceptors (Lipinski definition) is 4. The van der Waals surface area contributed by atoms with Gasteiger partial charge in [0.05, 0.1) is 11.3 Å². The molecule has 36 heavy (non-hydrogen) atoms. The van der Waals surface area contributed by atoms with E-state index in [1.54, 1.807) is 10.9 Å². The summed E-state index contributed by atoms with van der Waals surface area (Å²) in [5.41, 5.74) is 4.11. The van der Waals surface area contributed by atoms with Crippen LogP contribution in [0.2, 0.25) is 0 Å². The van der Waals surface area contributed by atoms with Gasteiger partial charge < -0.3 is 4.90 Å². The number of rotatable bonds is 8. The van der Waals surface area contributed by atoms with Gasteiger partial charge in [0.25, 0.3) is 5.91 Å². The van der Waals surface area contributed by atoms with Gasteiger partial charge in [0.1, 0.15) is 0 Å². The van der Waals surface area contributed by atoms with E-state index in [1.165, 1.54) is 11.1 Å². The van der Waals surface area contributed by atoms with Crippen LogP contribution in [0.4, 0.5) is 0 Å². The third kappa shape index (κ3) is 5.55.